The molecule has 6 heteroatoms. The van der Waals surface area contributed by atoms with E-state index in [0.717, 1.165) is 46.0 Å². The predicted molar refractivity (Wildman–Crippen MR) is 112 cm³/mol. The van der Waals surface area contributed by atoms with E-state index in [1.54, 1.807) is 11.3 Å². The fourth-order valence-electron chi connectivity index (χ4n) is 3.72. The molecule has 1 aliphatic rings. The quantitative estimate of drug-likeness (QED) is 0.738. The highest BCUT2D eigenvalue weighted by atomic mass is 32.1. The predicted octanol–water partition coefficient (Wildman–Crippen LogP) is 4.18. The lowest BCUT2D eigenvalue weighted by atomic mass is 10.1. The summed E-state index contributed by atoms with van der Waals surface area (Å²) in [5.74, 6) is 1.58. The molecule has 0 unspecified atom stereocenters. The molecule has 2 heterocycles. The first kappa shape index (κ1) is 17.9. The van der Waals surface area contributed by atoms with Crippen LogP contribution in [-0.4, -0.2) is 29.5 Å². The van der Waals surface area contributed by atoms with Gasteiger partial charge in [0.2, 0.25) is 5.91 Å². The Balaban J connectivity index is 1.60. The minimum Gasteiger partial charge on any atom is -0.350 e. The first-order chi connectivity index (χ1) is 12.9. The number of amides is 1. The summed E-state index contributed by atoms with van der Waals surface area (Å²) >= 11 is 1.78. The number of nitrogens with zero attached hydrogens (tertiary/aromatic N) is 3. The van der Waals surface area contributed by atoms with Crippen molar-refractivity contribution in [2.24, 2.45) is 0 Å². The van der Waals surface area contributed by atoms with Crippen LogP contribution in [0.2, 0.25) is 0 Å². The Labute approximate surface area is 163 Å². The van der Waals surface area contributed by atoms with Crippen LogP contribution in [0.4, 0.5) is 11.5 Å². The monoisotopic (exact) mass is 380 g/mol. The molecule has 0 spiro atoms. The van der Waals surface area contributed by atoms with Crippen LogP contribution in [-0.2, 0) is 17.6 Å². The molecule has 0 saturated heterocycles. The largest absolute Gasteiger partial charge is 0.350 e. The number of rotatable bonds is 4. The van der Waals surface area contributed by atoms with Crippen LogP contribution >= 0.6 is 11.3 Å². The molecule has 1 aliphatic carbocycles. The Morgan fingerprint density at radius 3 is 2.85 bits per heavy atom. The zero-order valence-corrected chi connectivity index (χ0v) is 17.0. The maximum atomic E-state index is 12.7. The summed E-state index contributed by atoms with van der Waals surface area (Å²) in [5, 5.41) is 4.18. The molecule has 3 aromatic rings. The first-order valence-electron chi connectivity index (χ1n) is 9.30. The average Bonchev–Trinajstić information content (AvgIpc) is 3.18. The summed E-state index contributed by atoms with van der Waals surface area (Å²) in [7, 11) is 1.93. The van der Waals surface area contributed by atoms with Crippen molar-refractivity contribution < 1.29 is 4.79 Å². The molecule has 1 aromatic carbocycles. The Hall–Kier alpha value is -2.47. The average molecular weight is 381 g/mol. The second-order valence-electron chi connectivity index (χ2n) is 7.28. The Morgan fingerprint density at radius 1 is 1.22 bits per heavy atom. The number of aromatic nitrogens is 2. The van der Waals surface area contributed by atoms with Crippen molar-refractivity contribution >= 4 is 39.0 Å². The van der Waals surface area contributed by atoms with Gasteiger partial charge in [-0.1, -0.05) is 12.1 Å². The molecule has 27 heavy (non-hydrogen) atoms. The lowest BCUT2D eigenvalue weighted by Gasteiger charge is -2.20. The van der Waals surface area contributed by atoms with Crippen LogP contribution < -0.4 is 10.2 Å². The Bertz CT molecular complexity index is 1040. The fourth-order valence-corrected chi connectivity index (χ4v) is 5.02. The number of likely N-dealkylation sites (N-methyl/N-ethyl adjacent to an activating group) is 1. The van der Waals surface area contributed by atoms with Crippen molar-refractivity contribution in [1.82, 2.24) is 9.97 Å². The second-order valence-corrected chi connectivity index (χ2v) is 8.37. The minimum absolute atomic E-state index is 0.0394. The van der Waals surface area contributed by atoms with Gasteiger partial charge in [-0.3, -0.25) is 4.79 Å². The Kier molecular flexibility index (Phi) is 4.60. The van der Waals surface area contributed by atoms with Crippen LogP contribution in [0, 0.1) is 20.8 Å². The van der Waals surface area contributed by atoms with E-state index in [0.29, 0.717) is 0 Å². The third-order valence-electron chi connectivity index (χ3n) is 5.28. The fraction of sp³-hybridized carbons (Fsp3) is 0.381. The number of fused-ring (bicyclic) bond motifs is 3. The molecule has 4 rings (SSSR count). The third-order valence-corrected chi connectivity index (χ3v) is 6.46. The summed E-state index contributed by atoms with van der Waals surface area (Å²) in [6.07, 6.45) is 3.41. The lowest BCUT2D eigenvalue weighted by molar-refractivity contribution is -0.114. The maximum Gasteiger partial charge on any atom is 0.243 e. The van der Waals surface area contributed by atoms with Crippen molar-refractivity contribution in [3.8, 4) is 0 Å². The highest BCUT2D eigenvalue weighted by molar-refractivity contribution is 7.19. The van der Waals surface area contributed by atoms with Gasteiger partial charge in [0.05, 0.1) is 11.9 Å². The highest BCUT2D eigenvalue weighted by Gasteiger charge is 2.24. The first-order valence-corrected chi connectivity index (χ1v) is 10.1. The molecule has 0 bridgehead atoms. The van der Waals surface area contributed by atoms with E-state index in [4.69, 9.17) is 0 Å². The van der Waals surface area contributed by atoms with Crippen molar-refractivity contribution in [1.29, 1.82) is 0 Å². The minimum atomic E-state index is -0.0394. The van der Waals surface area contributed by atoms with Gasteiger partial charge in [-0.05, 0) is 62.8 Å². The number of hydrogen-bond acceptors (Lipinski definition) is 5. The summed E-state index contributed by atoms with van der Waals surface area (Å²) in [5.41, 5.74) is 4.52. The van der Waals surface area contributed by atoms with Crippen LogP contribution in [0.5, 0.6) is 0 Å². The van der Waals surface area contributed by atoms with Crippen LogP contribution in [0.25, 0.3) is 10.2 Å². The summed E-state index contributed by atoms with van der Waals surface area (Å²) in [6.45, 7) is 6.25. The van der Waals surface area contributed by atoms with Gasteiger partial charge in [0.15, 0.2) is 0 Å². The smallest absolute Gasteiger partial charge is 0.243 e. The second kappa shape index (κ2) is 6.93. The van der Waals surface area contributed by atoms with E-state index in [-0.39, 0.29) is 12.5 Å². The van der Waals surface area contributed by atoms with Crippen LogP contribution in [0.3, 0.4) is 0 Å². The van der Waals surface area contributed by atoms with Gasteiger partial charge in [-0.25, -0.2) is 9.97 Å². The number of anilines is 2. The van der Waals surface area contributed by atoms with E-state index in [9.17, 15) is 4.79 Å². The lowest BCUT2D eigenvalue weighted by Crippen LogP contribution is -2.31. The number of aryl methyl sites for hydroxylation is 4. The van der Waals surface area contributed by atoms with Crippen LogP contribution in [0.15, 0.2) is 18.2 Å². The molecule has 2 aromatic heterocycles. The van der Waals surface area contributed by atoms with Crippen LogP contribution in [0.1, 0.15) is 33.8 Å². The number of carbonyl (C=O) groups is 1. The number of hydrogen-bond donors (Lipinski definition) is 1. The van der Waals surface area contributed by atoms with E-state index >= 15 is 0 Å². The molecular weight excluding hydrogens is 356 g/mol. The van der Waals surface area contributed by atoms with Gasteiger partial charge in [-0.2, -0.15) is 0 Å². The normalized spacial score (nSPS) is 13.0. The third kappa shape index (κ3) is 3.30. The number of benzene rings is 1. The van der Waals surface area contributed by atoms with Gasteiger partial charge < -0.3 is 10.2 Å². The summed E-state index contributed by atoms with van der Waals surface area (Å²) in [6, 6.07) is 5.96. The number of carbonyl (C=O) groups excluding carboxylic acids is 1. The molecule has 1 amide bonds. The van der Waals surface area contributed by atoms with E-state index in [2.05, 4.69) is 28.3 Å². The Morgan fingerprint density at radius 2 is 2.04 bits per heavy atom. The zero-order chi connectivity index (χ0) is 19.1. The molecular formula is C21H24N4OS. The van der Waals surface area contributed by atoms with Crippen molar-refractivity contribution in [3.63, 3.8) is 0 Å². The van der Waals surface area contributed by atoms with Crippen molar-refractivity contribution in [3.05, 3.63) is 45.6 Å². The van der Waals surface area contributed by atoms with Crippen molar-refractivity contribution in [2.45, 2.75) is 40.0 Å². The van der Waals surface area contributed by atoms with E-state index < -0.39 is 0 Å². The van der Waals surface area contributed by atoms with Gasteiger partial charge in [-0.15, -0.1) is 11.3 Å². The SMILES string of the molecule is Cc1nc(N(C)CC(=O)Nc2cccc(C)c2C)c2c3c(sc2n1)CCC3. The molecule has 0 radical (unpaired) electrons. The molecule has 0 atom stereocenters. The standard InChI is InChI=1S/C21H24N4OS/c1-12-7-5-9-16(13(12)2)24-18(26)11-25(4)20-19-15-8-6-10-17(15)27-21(19)23-14(3)22-20/h5,7,9H,6,8,10-11H2,1-4H3,(H,24,26). The molecule has 1 N–H and O–H groups in total. The summed E-state index contributed by atoms with van der Waals surface area (Å²) < 4.78 is 0. The van der Waals surface area contributed by atoms with Gasteiger partial charge >= 0.3 is 0 Å². The van der Waals surface area contributed by atoms with Gasteiger partial charge in [0.1, 0.15) is 16.5 Å². The maximum absolute atomic E-state index is 12.7. The topological polar surface area (TPSA) is 58.1 Å². The molecule has 5 nitrogen and oxygen atoms in total. The van der Waals surface area contributed by atoms with Crippen molar-refractivity contribution in [2.75, 3.05) is 23.8 Å². The molecule has 0 saturated carbocycles. The van der Waals surface area contributed by atoms with E-state index in [1.165, 1.54) is 22.4 Å². The number of thiophene rings is 1. The molecule has 0 fully saturated rings. The zero-order valence-electron chi connectivity index (χ0n) is 16.2. The van der Waals surface area contributed by atoms with E-state index in [1.807, 2.05) is 37.9 Å². The highest BCUT2D eigenvalue weighted by Crippen LogP contribution is 2.40. The molecule has 140 valence electrons. The van der Waals surface area contributed by atoms with Gasteiger partial charge in [0.25, 0.3) is 0 Å². The van der Waals surface area contributed by atoms with Gasteiger partial charge in [0, 0.05) is 17.6 Å². The number of nitrogens with one attached hydrogen (secondary N) is 1. The molecule has 0 aliphatic heterocycles. The summed E-state index contributed by atoms with van der Waals surface area (Å²) in [4.78, 5) is 26.4.